The van der Waals surface area contributed by atoms with Crippen molar-refractivity contribution in [3.8, 4) is 5.75 Å². The first-order chi connectivity index (χ1) is 16.0. The maximum absolute atomic E-state index is 13.4. The van der Waals surface area contributed by atoms with Crippen LogP contribution in [0.1, 0.15) is 18.1 Å². The van der Waals surface area contributed by atoms with Gasteiger partial charge in [0.25, 0.3) is 11.8 Å². The summed E-state index contributed by atoms with van der Waals surface area (Å²) in [7, 11) is 1.59. The predicted octanol–water partition coefficient (Wildman–Crippen LogP) is 4.73. The number of nitrogens with one attached hydrogen (secondary N) is 1. The van der Waals surface area contributed by atoms with Crippen LogP contribution in [0.3, 0.4) is 0 Å². The van der Waals surface area contributed by atoms with Gasteiger partial charge in [0.2, 0.25) is 5.91 Å². The highest BCUT2D eigenvalue weighted by Gasteiger charge is 2.39. The van der Waals surface area contributed by atoms with E-state index in [-0.39, 0.29) is 24.3 Å². The van der Waals surface area contributed by atoms with Gasteiger partial charge in [-0.2, -0.15) is 0 Å². The molecule has 166 valence electrons. The number of hydrogen-bond acceptors (Lipinski definition) is 5. The molecule has 1 aliphatic heterocycles. The Bertz CT molecular complexity index is 1220. The third-order valence-corrected chi connectivity index (χ3v) is 6.17. The zero-order chi connectivity index (χ0) is 23.4. The molecule has 0 atom stereocenters. The van der Waals surface area contributed by atoms with Crippen molar-refractivity contribution in [1.82, 2.24) is 4.90 Å². The predicted molar refractivity (Wildman–Crippen MR) is 129 cm³/mol. The quantitative estimate of drug-likeness (QED) is 0.518. The van der Waals surface area contributed by atoms with Crippen LogP contribution in [0, 0.1) is 0 Å². The highest BCUT2D eigenvalue weighted by Crippen LogP contribution is 2.40. The number of methoxy groups -OCH3 is 1. The van der Waals surface area contributed by atoms with E-state index in [0.29, 0.717) is 27.5 Å². The Morgan fingerprint density at radius 3 is 2.18 bits per heavy atom. The smallest absolute Gasteiger partial charge is 0.268 e. The Hall–Kier alpha value is -3.84. The highest BCUT2D eigenvalue weighted by molar-refractivity contribution is 8.04. The van der Waals surface area contributed by atoms with Crippen LogP contribution in [0.2, 0.25) is 0 Å². The molecule has 0 spiro atoms. The van der Waals surface area contributed by atoms with Gasteiger partial charge in [-0.05, 0) is 47.5 Å². The van der Waals surface area contributed by atoms with Crippen LogP contribution < -0.4 is 10.1 Å². The lowest BCUT2D eigenvalue weighted by Gasteiger charge is -2.15. The van der Waals surface area contributed by atoms with Crippen LogP contribution in [-0.4, -0.2) is 29.7 Å². The second-order valence-corrected chi connectivity index (χ2v) is 8.51. The molecule has 3 amide bonds. The molecule has 7 heteroatoms. The number of carbonyl (C=O) groups is 3. The molecule has 0 aliphatic carbocycles. The Balaban J connectivity index is 1.68. The van der Waals surface area contributed by atoms with E-state index >= 15 is 0 Å². The second kappa shape index (κ2) is 9.75. The molecule has 1 heterocycles. The van der Waals surface area contributed by atoms with E-state index < -0.39 is 0 Å². The summed E-state index contributed by atoms with van der Waals surface area (Å²) < 4.78 is 5.19. The summed E-state index contributed by atoms with van der Waals surface area (Å²) in [6.45, 7) is 1.59. The van der Waals surface area contributed by atoms with Gasteiger partial charge in [-0.15, -0.1) is 0 Å². The molecule has 3 aromatic rings. The molecule has 33 heavy (non-hydrogen) atoms. The molecule has 1 aliphatic rings. The molecule has 0 bridgehead atoms. The number of ether oxygens (including phenoxy) is 1. The topological polar surface area (TPSA) is 75.7 Å². The van der Waals surface area contributed by atoms with Crippen molar-refractivity contribution >= 4 is 40.7 Å². The first-order valence-electron chi connectivity index (χ1n) is 10.3. The van der Waals surface area contributed by atoms with Crippen molar-refractivity contribution in [2.24, 2.45) is 0 Å². The normalized spacial score (nSPS) is 13.5. The van der Waals surface area contributed by atoms with Gasteiger partial charge in [0, 0.05) is 17.5 Å². The average Bonchev–Trinajstić information content (AvgIpc) is 3.04. The van der Waals surface area contributed by atoms with Gasteiger partial charge in [-0.3, -0.25) is 19.3 Å². The van der Waals surface area contributed by atoms with Gasteiger partial charge < -0.3 is 10.1 Å². The number of nitrogens with zero attached hydrogens (tertiary/aromatic N) is 1. The maximum atomic E-state index is 13.4. The van der Waals surface area contributed by atoms with E-state index in [4.69, 9.17) is 4.74 Å². The molecular formula is C26H22N2O4S. The van der Waals surface area contributed by atoms with E-state index in [0.717, 1.165) is 10.5 Å². The van der Waals surface area contributed by atoms with Crippen LogP contribution in [0.15, 0.2) is 88.7 Å². The number of hydrogen-bond donors (Lipinski definition) is 1. The van der Waals surface area contributed by atoms with Gasteiger partial charge in [0.1, 0.15) is 5.75 Å². The minimum Gasteiger partial charge on any atom is -0.497 e. The van der Waals surface area contributed by atoms with E-state index in [1.807, 2.05) is 42.5 Å². The van der Waals surface area contributed by atoms with E-state index in [2.05, 4.69) is 5.32 Å². The zero-order valence-corrected chi connectivity index (χ0v) is 19.0. The van der Waals surface area contributed by atoms with Crippen molar-refractivity contribution in [1.29, 1.82) is 0 Å². The van der Waals surface area contributed by atoms with Crippen molar-refractivity contribution in [2.45, 2.75) is 18.4 Å². The molecule has 0 saturated heterocycles. The number of anilines is 1. The summed E-state index contributed by atoms with van der Waals surface area (Å²) in [6, 6.07) is 23.7. The van der Waals surface area contributed by atoms with Gasteiger partial charge >= 0.3 is 0 Å². The molecule has 0 unspecified atom stereocenters. The van der Waals surface area contributed by atoms with Crippen molar-refractivity contribution < 1.29 is 19.1 Å². The molecular weight excluding hydrogens is 436 g/mol. The van der Waals surface area contributed by atoms with Crippen LogP contribution in [0.4, 0.5) is 5.69 Å². The lowest BCUT2D eigenvalue weighted by Crippen LogP contribution is -2.30. The fourth-order valence-electron chi connectivity index (χ4n) is 3.49. The standard InChI is InChI=1S/C26H22N2O4S/c1-17(29)27-20-12-10-19(11-13-20)23-24(33-22-6-4-3-5-7-22)26(31)28(25(23)30)16-18-8-14-21(32-2)15-9-18/h3-15H,16H2,1-2H3,(H,27,29). The third-order valence-electron chi connectivity index (χ3n) is 5.08. The van der Waals surface area contributed by atoms with Gasteiger partial charge in [0.15, 0.2) is 0 Å². The SMILES string of the molecule is COc1ccc(CN2C(=O)C(Sc3ccccc3)=C(c3ccc(NC(C)=O)cc3)C2=O)cc1. The lowest BCUT2D eigenvalue weighted by atomic mass is 10.1. The van der Waals surface area contributed by atoms with Gasteiger partial charge in [0.05, 0.1) is 24.1 Å². The Morgan fingerprint density at radius 2 is 1.58 bits per heavy atom. The molecule has 1 N–H and O–H groups in total. The second-order valence-electron chi connectivity index (χ2n) is 7.42. The van der Waals surface area contributed by atoms with Crippen LogP contribution in [0.25, 0.3) is 5.57 Å². The van der Waals surface area contributed by atoms with Crippen LogP contribution >= 0.6 is 11.8 Å². The summed E-state index contributed by atoms with van der Waals surface area (Å²) >= 11 is 1.28. The minimum absolute atomic E-state index is 0.161. The Morgan fingerprint density at radius 1 is 0.909 bits per heavy atom. The number of rotatable bonds is 7. The maximum Gasteiger partial charge on any atom is 0.268 e. The molecule has 0 radical (unpaired) electrons. The number of amides is 3. The van der Waals surface area contributed by atoms with E-state index in [1.54, 1.807) is 43.5 Å². The van der Waals surface area contributed by atoms with Gasteiger partial charge in [-0.1, -0.05) is 54.2 Å². The fourth-order valence-corrected chi connectivity index (χ4v) is 4.52. The molecule has 4 rings (SSSR count). The Kier molecular flexibility index (Phi) is 6.60. The number of carbonyl (C=O) groups excluding carboxylic acids is 3. The van der Waals surface area contributed by atoms with Crippen molar-refractivity contribution in [2.75, 3.05) is 12.4 Å². The first-order valence-corrected chi connectivity index (χ1v) is 11.1. The highest BCUT2D eigenvalue weighted by atomic mass is 32.2. The molecule has 0 fully saturated rings. The zero-order valence-electron chi connectivity index (χ0n) is 18.2. The van der Waals surface area contributed by atoms with Crippen LogP contribution in [-0.2, 0) is 20.9 Å². The Labute approximate surface area is 196 Å². The minimum atomic E-state index is -0.346. The number of thioether (sulfide) groups is 1. The molecule has 0 aromatic heterocycles. The number of benzene rings is 3. The fraction of sp³-hybridized carbons (Fsp3) is 0.115. The van der Waals surface area contributed by atoms with Gasteiger partial charge in [-0.25, -0.2) is 0 Å². The monoisotopic (exact) mass is 458 g/mol. The van der Waals surface area contributed by atoms with E-state index in [9.17, 15) is 14.4 Å². The molecule has 6 nitrogen and oxygen atoms in total. The van der Waals surface area contributed by atoms with Crippen molar-refractivity contribution in [3.05, 3.63) is 94.9 Å². The molecule has 3 aromatic carbocycles. The summed E-state index contributed by atoms with van der Waals surface area (Å²) in [5.41, 5.74) is 2.43. The first kappa shape index (κ1) is 22.4. The third kappa shape index (κ3) is 4.99. The lowest BCUT2D eigenvalue weighted by molar-refractivity contribution is -0.137. The summed E-state index contributed by atoms with van der Waals surface area (Å²) in [5.74, 6) is -0.150. The summed E-state index contributed by atoms with van der Waals surface area (Å²) in [5, 5.41) is 2.71. The van der Waals surface area contributed by atoms with Crippen LogP contribution in [0.5, 0.6) is 5.75 Å². The van der Waals surface area contributed by atoms with Crippen molar-refractivity contribution in [3.63, 3.8) is 0 Å². The molecule has 0 saturated carbocycles. The summed E-state index contributed by atoms with van der Waals surface area (Å²) in [4.78, 5) is 40.7. The van der Waals surface area contributed by atoms with E-state index in [1.165, 1.54) is 23.6 Å². The largest absolute Gasteiger partial charge is 0.497 e. The number of imide groups is 1. The average molecular weight is 459 g/mol. The summed E-state index contributed by atoms with van der Waals surface area (Å²) in [6.07, 6.45) is 0.